The van der Waals surface area contributed by atoms with Gasteiger partial charge in [0.15, 0.2) is 5.96 Å². The summed E-state index contributed by atoms with van der Waals surface area (Å²) in [5.41, 5.74) is 20.1. The molecule has 4 aromatic rings. The molecule has 224 valence electrons. The molecule has 43 heavy (non-hydrogen) atoms. The molecule has 1 unspecified atom stereocenters. The molecule has 0 bridgehead atoms. The first-order valence-electron chi connectivity index (χ1n) is 13.6. The molecular weight excluding hydrogens is 566 g/mol. The zero-order valence-electron chi connectivity index (χ0n) is 23.7. The number of sulfonamides is 1. The molecule has 3 aromatic carbocycles. The highest BCUT2D eigenvalue weighted by Gasteiger charge is 2.23. The molecule has 8 N–H and O–H groups in total. The quantitative estimate of drug-likeness (QED) is 0.0937. The van der Waals surface area contributed by atoms with E-state index in [9.17, 15) is 18.0 Å². The maximum absolute atomic E-state index is 13.7. The third kappa shape index (κ3) is 8.69. The van der Waals surface area contributed by atoms with Crippen LogP contribution < -0.4 is 32.8 Å². The highest BCUT2D eigenvalue weighted by atomic mass is 32.2. The molecule has 4 rings (SSSR count). The molecular formula is C31H35N7O4S. The van der Waals surface area contributed by atoms with Crippen LogP contribution in [0.5, 0.6) is 0 Å². The summed E-state index contributed by atoms with van der Waals surface area (Å²) < 4.78 is 29.6. The normalized spacial score (nSPS) is 11.8. The van der Waals surface area contributed by atoms with Gasteiger partial charge in [0.05, 0.1) is 11.4 Å². The van der Waals surface area contributed by atoms with Crippen molar-refractivity contribution in [1.82, 2.24) is 9.88 Å². The van der Waals surface area contributed by atoms with E-state index < -0.39 is 27.5 Å². The molecule has 0 saturated carbocycles. The van der Waals surface area contributed by atoms with Crippen molar-refractivity contribution in [3.63, 3.8) is 0 Å². The van der Waals surface area contributed by atoms with Gasteiger partial charge in [-0.25, -0.2) is 13.4 Å². The summed E-state index contributed by atoms with van der Waals surface area (Å²) in [5.74, 6) is -0.769. The number of benzene rings is 3. The third-order valence-electron chi connectivity index (χ3n) is 6.74. The van der Waals surface area contributed by atoms with Crippen LogP contribution in [0.2, 0.25) is 0 Å². The van der Waals surface area contributed by atoms with Crippen molar-refractivity contribution in [3.05, 3.63) is 124 Å². The number of nitrogen functional groups attached to an aromatic ring is 1. The predicted molar refractivity (Wildman–Crippen MR) is 170 cm³/mol. The minimum absolute atomic E-state index is 0.0582. The molecule has 0 aliphatic heterocycles. The van der Waals surface area contributed by atoms with Crippen molar-refractivity contribution >= 4 is 39.0 Å². The van der Waals surface area contributed by atoms with E-state index in [0.717, 1.165) is 11.1 Å². The number of amides is 1. The molecule has 0 fully saturated rings. The second kappa shape index (κ2) is 13.7. The lowest BCUT2D eigenvalue weighted by molar-refractivity contribution is -0.124. The van der Waals surface area contributed by atoms with Gasteiger partial charge in [-0.05, 0) is 72.9 Å². The fourth-order valence-corrected chi connectivity index (χ4v) is 5.74. The van der Waals surface area contributed by atoms with Crippen molar-refractivity contribution < 1.29 is 13.2 Å². The van der Waals surface area contributed by atoms with Crippen molar-refractivity contribution in [2.75, 3.05) is 10.5 Å². The number of nitrogens with zero attached hydrogens (tertiary/aromatic N) is 2. The number of hydrogen-bond acceptors (Lipinski definition) is 6. The van der Waals surface area contributed by atoms with Crippen LogP contribution in [-0.2, 0) is 40.0 Å². The smallest absolute Gasteiger partial charge is 0.275 e. The van der Waals surface area contributed by atoms with Crippen molar-refractivity contribution in [3.8, 4) is 0 Å². The average Bonchev–Trinajstić information content (AvgIpc) is 2.97. The molecule has 11 nitrogen and oxygen atoms in total. The van der Waals surface area contributed by atoms with Gasteiger partial charge < -0.3 is 22.5 Å². The minimum Gasteiger partial charge on any atom is -0.399 e. The Hall–Kier alpha value is -5.10. The molecule has 12 heteroatoms. The molecule has 0 aliphatic carbocycles. The number of rotatable bonds is 12. The molecule has 1 atom stereocenters. The Morgan fingerprint density at radius 2 is 1.51 bits per heavy atom. The number of carbonyl (C=O) groups excluding carboxylic acids is 1. The number of carbonyl (C=O) groups is 1. The van der Waals surface area contributed by atoms with Crippen LogP contribution in [0.25, 0.3) is 0 Å². The van der Waals surface area contributed by atoms with Crippen LogP contribution in [0.15, 0.2) is 101 Å². The maximum Gasteiger partial charge on any atom is 0.275 e. The molecule has 0 radical (unpaired) electrons. The van der Waals surface area contributed by atoms with Gasteiger partial charge in [0.1, 0.15) is 11.7 Å². The largest absolute Gasteiger partial charge is 0.399 e. The summed E-state index contributed by atoms with van der Waals surface area (Å²) in [5, 5.41) is 2.86. The SMILES string of the molecule is CC(C(=O)NCc1ccc(N=C(N)N)cc1)n1c(CCc2ccc(N)cc2)ccc(NS(=O)(=O)Cc2ccccc2)c1=O. The summed E-state index contributed by atoms with van der Waals surface area (Å²) in [7, 11) is -3.90. The van der Waals surface area contributed by atoms with E-state index in [4.69, 9.17) is 17.2 Å². The number of nitrogens with two attached hydrogens (primary N) is 3. The fourth-order valence-electron chi connectivity index (χ4n) is 4.54. The van der Waals surface area contributed by atoms with E-state index in [1.807, 2.05) is 12.1 Å². The first-order chi connectivity index (χ1) is 20.5. The van der Waals surface area contributed by atoms with Crippen molar-refractivity contribution in [1.29, 1.82) is 0 Å². The molecule has 0 aliphatic rings. The molecule has 1 aromatic heterocycles. The number of aromatic nitrogens is 1. The van der Waals surface area contributed by atoms with E-state index in [2.05, 4.69) is 15.0 Å². The maximum atomic E-state index is 13.7. The zero-order chi connectivity index (χ0) is 31.0. The van der Waals surface area contributed by atoms with Gasteiger partial charge in [-0.15, -0.1) is 0 Å². The first-order valence-corrected chi connectivity index (χ1v) is 15.3. The number of pyridine rings is 1. The average molecular weight is 602 g/mol. The molecule has 1 amide bonds. The summed E-state index contributed by atoms with van der Waals surface area (Å²) in [6.07, 6.45) is 1.01. The van der Waals surface area contributed by atoms with Crippen LogP contribution in [0, 0.1) is 0 Å². The lowest BCUT2D eigenvalue weighted by Crippen LogP contribution is -2.38. The summed E-state index contributed by atoms with van der Waals surface area (Å²) in [4.78, 5) is 31.0. The number of aryl methyl sites for hydroxylation is 2. The molecule has 0 spiro atoms. The number of aliphatic imine (C=N–C) groups is 1. The minimum atomic E-state index is -3.90. The van der Waals surface area contributed by atoms with Crippen LogP contribution in [0.4, 0.5) is 17.1 Å². The van der Waals surface area contributed by atoms with Gasteiger partial charge >= 0.3 is 0 Å². The summed E-state index contributed by atoms with van der Waals surface area (Å²) in [6.45, 7) is 1.80. The van der Waals surface area contributed by atoms with Crippen LogP contribution in [-0.4, -0.2) is 24.9 Å². The van der Waals surface area contributed by atoms with Gasteiger partial charge in [0.2, 0.25) is 15.9 Å². The number of anilines is 2. The van der Waals surface area contributed by atoms with Crippen molar-refractivity contribution in [2.45, 2.75) is 38.1 Å². The lowest BCUT2D eigenvalue weighted by Gasteiger charge is -2.21. The van der Waals surface area contributed by atoms with Crippen molar-refractivity contribution in [2.24, 2.45) is 16.5 Å². The fraction of sp³-hybridized carbons (Fsp3) is 0.194. The van der Waals surface area contributed by atoms with Crippen LogP contribution in [0.3, 0.4) is 0 Å². The standard InChI is InChI=1S/C31H35N7O4S/c1-21(29(39)35-19-23-9-14-26(15-10-23)36-31(33)34)38-27(16-11-22-7-12-25(32)13-8-22)17-18-28(30(38)40)37-43(41,42)20-24-5-3-2-4-6-24/h2-10,12-15,17-18,21,37H,11,16,19-20,32H2,1H3,(H,35,39)(H4,33,34,36). The molecule has 1 heterocycles. The van der Waals surface area contributed by atoms with E-state index >= 15 is 0 Å². The van der Waals surface area contributed by atoms with Crippen LogP contribution >= 0.6 is 0 Å². The van der Waals surface area contributed by atoms with Gasteiger partial charge in [-0.2, -0.15) is 0 Å². The van der Waals surface area contributed by atoms with E-state index in [1.54, 1.807) is 79.7 Å². The highest BCUT2D eigenvalue weighted by Crippen LogP contribution is 2.18. The number of nitrogens with one attached hydrogen (secondary N) is 2. The predicted octanol–water partition coefficient (Wildman–Crippen LogP) is 2.94. The Labute approximate surface area is 250 Å². The highest BCUT2D eigenvalue weighted by molar-refractivity contribution is 7.91. The number of hydrogen-bond donors (Lipinski definition) is 5. The van der Waals surface area contributed by atoms with Crippen LogP contribution in [0.1, 0.15) is 35.3 Å². The second-order valence-electron chi connectivity index (χ2n) is 10.1. The van der Waals surface area contributed by atoms with Gasteiger partial charge in [0, 0.05) is 17.9 Å². The molecule has 0 saturated heterocycles. The van der Waals surface area contributed by atoms with Gasteiger partial charge in [-0.3, -0.25) is 18.9 Å². The Kier molecular flexibility index (Phi) is 9.83. The lowest BCUT2D eigenvalue weighted by atomic mass is 10.1. The van der Waals surface area contributed by atoms with E-state index in [0.29, 0.717) is 35.5 Å². The monoisotopic (exact) mass is 601 g/mol. The van der Waals surface area contributed by atoms with E-state index in [-0.39, 0.29) is 23.9 Å². The second-order valence-corrected chi connectivity index (χ2v) is 11.8. The summed E-state index contributed by atoms with van der Waals surface area (Å²) in [6, 6.07) is 25.2. The Balaban J connectivity index is 1.58. The summed E-state index contributed by atoms with van der Waals surface area (Å²) >= 11 is 0. The third-order valence-corrected chi connectivity index (χ3v) is 7.99. The topological polar surface area (TPSA) is 188 Å². The Morgan fingerprint density at radius 1 is 0.860 bits per heavy atom. The van der Waals surface area contributed by atoms with Gasteiger partial charge in [0.25, 0.3) is 5.56 Å². The Bertz CT molecular complexity index is 1750. The first kappa shape index (κ1) is 30.8. The number of guanidine groups is 1. The Morgan fingerprint density at radius 3 is 2.16 bits per heavy atom. The van der Waals surface area contributed by atoms with E-state index in [1.165, 1.54) is 10.6 Å². The zero-order valence-corrected chi connectivity index (χ0v) is 24.6. The van der Waals surface area contributed by atoms with Gasteiger partial charge in [-0.1, -0.05) is 54.6 Å².